The number of hydrogen-bond donors (Lipinski definition) is 2. The molecule has 0 bridgehead atoms. The second kappa shape index (κ2) is 9.86. The molecule has 204 valence electrons. The summed E-state index contributed by atoms with van der Waals surface area (Å²) >= 11 is 0. The van der Waals surface area contributed by atoms with Crippen LogP contribution in [-0.2, 0) is 41.2 Å². The number of carbonyl (C=O) groups is 1. The van der Waals surface area contributed by atoms with Gasteiger partial charge in [0.1, 0.15) is 0 Å². The van der Waals surface area contributed by atoms with Crippen molar-refractivity contribution >= 4 is 36.5 Å². The molecule has 0 aliphatic carbocycles. The molecule has 0 aliphatic heterocycles. The second-order valence-corrected chi connectivity index (χ2v) is 14.8. The monoisotopic (exact) mass is 567 g/mol. The Morgan fingerprint density at radius 3 is 2.13 bits per heavy atom. The van der Waals surface area contributed by atoms with Crippen molar-refractivity contribution in [1.29, 1.82) is 0 Å². The number of carboxylic acids is 1. The van der Waals surface area contributed by atoms with E-state index in [4.69, 9.17) is 0 Å². The van der Waals surface area contributed by atoms with E-state index in [1.165, 1.54) is 30.5 Å². The largest absolute Gasteiger partial charge is 0.479 e. The number of sulfone groups is 2. The van der Waals surface area contributed by atoms with Crippen LogP contribution < -0.4 is 0 Å². The van der Waals surface area contributed by atoms with E-state index in [-0.39, 0.29) is 16.9 Å². The Kier molecular flexibility index (Phi) is 7.18. The van der Waals surface area contributed by atoms with Crippen molar-refractivity contribution in [2.24, 2.45) is 0 Å². The number of rotatable bonds is 8. The molecular formula is C29H29NO7S2. The van der Waals surface area contributed by atoms with Gasteiger partial charge in [0.2, 0.25) is 0 Å². The number of carboxylic acid groups (broad SMARTS) is 1. The molecule has 0 amide bonds. The van der Waals surface area contributed by atoms with E-state index in [9.17, 15) is 31.8 Å². The van der Waals surface area contributed by atoms with Gasteiger partial charge in [0.25, 0.3) is 0 Å². The molecule has 4 rings (SSSR count). The van der Waals surface area contributed by atoms with Gasteiger partial charge in [-0.1, -0.05) is 42.5 Å². The lowest BCUT2D eigenvalue weighted by Gasteiger charge is -2.25. The summed E-state index contributed by atoms with van der Waals surface area (Å²) in [6.07, 6.45) is 3.58. The molecule has 4 aromatic rings. The molecule has 1 heterocycles. The minimum atomic E-state index is -3.49. The van der Waals surface area contributed by atoms with Crippen molar-refractivity contribution in [3.05, 3.63) is 95.7 Å². The fourth-order valence-corrected chi connectivity index (χ4v) is 5.57. The fraction of sp³-hybridized carbons (Fsp3) is 0.241. The zero-order valence-electron chi connectivity index (χ0n) is 21.9. The van der Waals surface area contributed by atoms with Gasteiger partial charge in [-0.25, -0.2) is 21.6 Å². The molecule has 0 spiro atoms. The third-order valence-corrected chi connectivity index (χ3v) is 10.4. The Morgan fingerprint density at radius 1 is 0.872 bits per heavy atom. The molecule has 0 radical (unpaired) electrons. The van der Waals surface area contributed by atoms with Crippen LogP contribution in [0, 0.1) is 0 Å². The number of nitrogens with zero attached hydrogens (tertiary/aromatic N) is 1. The van der Waals surface area contributed by atoms with Crippen molar-refractivity contribution in [2.45, 2.75) is 35.5 Å². The van der Waals surface area contributed by atoms with Crippen LogP contribution in [0.25, 0.3) is 22.0 Å². The molecule has 1 unspecified atom stereocenters. The fourth-order valence-electron chi connectivity index (χ4n) is 4.40. The van der Waals surface area contributed by atoms with Gasteiger partial charge >= 0.3 is 5.97 Å². The van der Waals surface area contributed by atoms with Crippen LogP contribution in [-0.4, -0.2) is 50.5 Å². The molecule has 1 aromatic heterocycles. The molecule has 1 atom stereocenters. The summed E-state index contributed by atoms with van der Waals surface area (Å²) < 4.78 is 47.6. The first-order valence-corrected chi connectivity index (χ1v) is 15.8. The highest BCUT2D eigenvalue weighted by atomic mass is 32.2. The van der Waals surface area contributed by atoms with Gasteiger partial charge < -0.3 is 10.2 Å². The minimum absolute atomic E-state index is 0.0114. The minimum Gasteiger partial charge on any atom is -0.479 e. The molecule has 39 heavy (non-hydrogen) atoms. The van der Waals surface area contributed by atoms with Gasteiger partial charge in [-0.2, -0.15) is 0 Å². The maximum atomic E-state index is 12.6. The number of benzene rings is 3. The molecule has 10 heteroatoms. The molecule has 0 saturated heterocycles. The molecular weight excluding hydrogens is 538 g/mol. The van der Waals surface area contributed by atoms with E-state index in [0.29, 0.717) is 27.8 Å². The maximum Gasteiger partial charge on any atom is 0.340 e. The lowest BCUT2D eigenvalue weighted by molar-refractivity contribution is -0.159. The van der Waals surface area contributed by atoms with Crippen LogP contribution >= 0.6 is 0 Å². The van der Waals surface area contributed by atoms with Crippen LogP contribution in [0.4, 0.5) is 0 Å². The van der Waals surface area contributed by atoms with Crippen LogP contribution in [0.3, 0.4) is 0 Å². The second-order valence-electron chi connectivity index (χ2n) is 10.2. The highest BCUT2D eigenvalue weighted by Crippen LogP contribution is 2.37. The van der Waals surface area contributed by atoms with Crippen LogP contribution in [0.5, 0.6) is 0 Å². The normalized spacial score (nSPS) is 14.2. The Bertz CT molecular complexity index is 1800. The summed E-state index contributed by atoms with van der Waals surface area (Å²) in [5.41, 5.74) is 0.778. The smallest absolute Gasteiger partial charge is 0.340 e. The average Bonchev–Trinajstić information content (AvgIpc) is 2.87. The van der Waals surface area contributed by atoms with Crippen molar-refractivity contribution in [3.8, 4) is 11.1 Å². The van der Waals surface area contributed by atoms with Gasteiger partial charge in [-0.3, -0.25) is 4.98 Å². The highest BCUT2D eigenvalue weighted by molar-refractivity contribution is 7.91. The maximum absolute atomic E-state index is 12.6. The van der Waals surface area contributed by atoms with Gasteiger partial charge in [0.05, 0.1) is 15.2 Å². The average molecular weight is 568 g/mol. The molecule has 2 N–H and O–H groups in total. The highest BCUT2D eigenvalue weighted by Gasteiger charge is 2.38. The number of aliphatic hydroxyl groups is 1. The first-order valence-electron chi connectivity index (χ1n) is 12.0. The first kappa shape index (κ1) is 28.4. The van der Waals surface area contributed by atoms with Crippen LogP contribution in [0.2, 0.25) is 0 Å². The summed E-state index contributed by atoms with van der Waals surface area (Å²) in [5.74, 6) is -1.48. The quantitative estimate of drug-likeness (QED) is 0.325. The zero-order valence-corrected chi connectivity index (χ0v) is 23.5. The Labute approximate surface area is 227 Å². The van der Waals surface area contributed by atoms with Crippen LogP contribution in [0.15, 0.2) is 83.9 Å². The van der Waals surface area contributed by atoms with Crippen molar-refractivity contribution in [3.63, 3.8) is 0 Å². The Balaban J connectivity index is 1.82. The van der Waals surface area contributed by atoms with E-state index in [1.807, 2.05) is 12.1 Å². The lowest BCUT2D eigenvalue weighted by Crippen LogP contribution is -2.38. The zero-order chi connectivity index (χ0) is 28.8. The summed E-state index contributed by atoms with van der Waals surface area (Å²) in [7, 11) is -6.96. The van der Waals surface area contributed by atoms with E-state index in [1.54, 1.807) is 56.4 Å². The molecule has 8 nitrogen and oxygen atoms in total. The predicted molar refractivity (Wildman–Crippen MR) is 150 cm³/mol. The summed E-state index contributed by atoms with van der Waals surface area (Å²) in [6.45, 7) is 3.28. The number of pyridine rings is 1. The van der Waals surface area contributed by atoms with Crippen molar-refractivity contribution in [2.75, 3.05) is 12.5 Å². The summed E-state index contributed by atoms with van der Waals surface area (Å²) in [4.78, 5) is 16.8. The van der Waals surface area contributed by atoms with Gasteiger partial charge in [-0.15, -0.1) is 0 Å². The van der Waals surface area contributed by atoms with Gasteiger partial charge in [-0.05, 0) is 66.4 Å². The number of fused-ring (bicyclic) bond motifs is 1. The molecule has 3 aromatic carbocycles. The van der Waals surface area contributed by atoms with Gasteiger partial charge in [0, 0.05) is 36.1 Å². The SMILES string of the molecule is CC(C)(c1cc(-c2cccc(CC(O)(C(=O)O)c3ccc(S(C)(=O)=O)cc3)c2)c2ncccc2c1)S(C)(=O)=O. The standard InChI is InChI=1S/C29H29NO7S2/c1-28(2,39(4,36)37)23-16-21-9-6-14-30-26(21)25(17-23)20-8-5-7-19(15-20)18-29(33,27(31)32)22-10-12-24(13-11-22)38(3,34)35/h5-17,33H,18H2,1-4H3,(H,31,32). The molecule has 0 aliphatic rings. The van der Waals surface area contributed by atoms with Crippen molar-refractivity contribution < 1.29 is 31.8 Å². The van der Waals surface area contributed by atoms with E-state index in [2.05, 4.69) is 4.98 Å². The molecule has 0 fully saturated rings. The predicted octanol–water partition coefficient (Wildman–Crippen LogP) is 4.10. The topological polar surface area (TPSA) is 139 Å². The lowest BCUT2D eigenvalue weighted by atomic mass is 9.86. The Morgan fingerprint density at radius 2 is 1.54 bits per heavy atom. The first-order chi connectivity index (χ1) is 18.0. The van der Waals surface area contributed by atoms with E-state index < -0.39 is 36.0 Å². The molecule has 0 saturated carbocycles. The third-order valence-electron chi connectivity index (χ3n) is 7.14. The number of aliphatic carboxylic acids is 1. The number of hydrogen-bond acceptors (Lipinski definition) is 7. The van der Waals surface area contributed by atoms with Crippen LogP contribution in [0.1, 0.15) is 30.5 Å². The van der Waals surface area contributed by atoms with E-state index in [0.717, 1.165) is 11.6 Å². The van der Waals surface area contributed by atoms with Crippen molar-refractivity contribution in [1.82, 2.24) is 4.98 Å². The summed E-state index contributed by atoms with van der Waals surface area (Å²) in [5, 5.41) is 22.0. The third kappa shape index (κ3) is 5.45. The summed E-state index contributed by atoms with van der Waals surface area (Å²) in [6, 6.07) is 19.3. The van der Waals surface area contributed by atoms with E-state index >= 15 is 0 Å². The Hall–Kier alpha value is -3.60. The van der Waals surface area contributed by atoms with Gasteiger partial charge in [0.15, 0.2) is 25.3 Å². The number of aromatic nitrogens is 1.